The Morgan fingerprint density at radius 3 is 3.00 bits per heavy atom. The second-order valence-corrected chi connectivity index (χ2v) is 8.01. The Labute approximate surface area is 106 Å². The van der Waals surface area contributed by atoms with Crippen LogP contribution in [-0.2, 0) is 16.3 Å². The van der Waals surface area contributed by atoms with Gasteiger partial charge in [0, 0.05) is 17.1 Å². The van der Waals surface area contributed by atoms with E-state index in [2.05, 4.69) is 17.2 Å². The van der Waals surface area contributed by atoms with E-state index in [-0.39, 0.29) is 5.25 Å². The fourth-order valence-electron chi connectivity index (χ4n) is 2.04. The van der Waals surface area contributed by atoms with Crippen LogP contribution in [-0.4, -0.2) is 32.2 Å². The fourth-order valence-corrected chi connectivity index (χ4v) is 5.43. The topological polar surface area (TPSA) is 59.1 Å². The fraction of sp³-hybridized carbons (Fsp3) is 0.727. The van der Waals surface area contributed by atoms with Gasteiger partial charge in [-0.3, -0.25) is 0 Å². The molecule has 1 aliphatic heterocycles. The van der Waals surface area contributed by atoms with Gasteiger partial charge in [-0.2, -0.15) is 0 Å². The van der Waals surface area contributed by atoms with Crippen LogP contribution in [0.25, 0.3) is 0 Å². The molecule has 1 N–H and O–H groups in total. The van der Waals surface area contributed by atoms with Gasteiger partial charge in [-0.25, -0.2) is 13.4 Å². The zero-order valence-corrected chi connectivity index (χ0v) is 11.8. The lowest BCUT2D eigenvalue weighted by Gasteiger charge is -2.07. The van der Waals surface area contributed by atoms with Crippen LogP contribution in [0, 0.1) is 0 Å². The van der Waals surface area contributed by atoms with Crippen molar-refractivity contribution in [3.05, 3.63) is 16.1 Å². The molecule has 1 saturated heterocycles. The summed E-state index contributed by atoms with van der Waals surface area (Å²) in [5, 5.41) is 3.61. The normalized spacial score (nSPS) is 24.9. The van der Waals surface area contributed by atoms with Crippen LogP contribution in [0.5, 0.6) is 0 Å². The molecule has 1 aromatic heterocycles. The Bertz CT molecular complexity index is 481. The van der Waals surface area contributed by atoms with E-state index in [1.807, 2.05) is 13.2 Å². The first kappa shape index (κ1) is 13.0. The Morgan fingerprint density at radius 1 is 1.65 bits per heavy atom. The lowest BCUT2D eigenvalue weighted by atomic mass is 10.2. The third-order valence-corrected chi connectivity index (χ3v) is 6.64. The lowest BCUT2D eigenvalue weighted by Crippen LogP contribution is -2.22. The maximum Gasteiger partial charge on any atom is 0.159 e. The van der Waals surface area contributed by atoms with Gasteiger partial charge in [-0.05, 0) is 33.2 Å². The smallest absolute Gasteiger partial charge is 0.159 e. The largest absolute Gasteiger partial charge is 0.317 e. The Balaban J connectivity index is 2.13. The van der Waals surface area contributed by atoms with E-state index in [1.165, 1.54) is 0 Å². The monoisotopic (exact) mass is 274 g/mol. The van der Waals surface area contributed by atoms with Crippen molar-refractivity contribution < 1.29 is 8.42 Å². The maximum atomic E-state index is 11.8. The summed E-state index contributed by atoms with van der Waals surface area (Å²) in [4.78, 5) is 5.45. The van der Waals surface area contributed by atoms with Crippen molar-refractivity contribution in [2.24, 2.45) is 0 Å². The third kappa shape index (κ3) is 2.86. The highest BCUT2D eigenvalue weighted by molar-refractivity contribution is 7.92. The highest BCUT2D eigenvalue weighted by atomic mass is 32.2. The van der Waals surface area contributed by atoms with Gasteiger partial charge in [0.15, 0.2) is 9.84 Å². The van der Waals surface area contributed by atoms with Crippen molar-refractivity contribution >= 4 is 21.2 Å². The standard InChI is InChI=1S/C11H18N2O2S2/c1-8(12-2)6-9-7-13-11(16-9)10-4-3-5-17(10,14)15/h7-8,10,12H,3-6H2,1-2H3. The van der Waals surface area contributed by atoms with Gasteiger partial charge in [-0.1, -0.05) is 0 Å². The highest BCUT2D eigenvalue weighted by Gasteiger charge is 2.34. The zero-order valence-electron chi connectivity index (χ0n) is 10.1. The third-order valence-electron chi connectivity index (χ3n) is 3.18. The van der Waals surface area contributed by atoms with Gasteiger partial charge in [0.25, 0.3) is 0 Å². The molecule has 0 amide bonds. The van der Waals surface area contributed by atoms with Crippen LogP contribution in [0.3, 0.4) is 0 Å². The van der Waals surface area contributed by atoms with Crippen LogP contribution in [0.4, 0.5) is 0 Å². The second kappa shape index (κ2) is 5.04. The minimum atomic E-state index is -2.93. The molecule has 0 radical (unpaired) electrons. The Kier molecular flexibility index (Phi) is 3.85. The first-order valence-electron chi connectivity index (χ1n) is 5.86. The summed E-state index contributed by atoms with van der Waals surface area (Å²) in [5.41, 5.74) is 0. The van der Waals surface area contributed by atoms with Crippen molar-refractivity contribution in [1.82, 2.24) is 10.3 Å². The quantitative estimate of drug-likeness (QED) is 0.905. The molecule has 2 heterocycles. The lowest BCUT2D eigenvalue weighted by molar-refractivity contribution is 0.592. The van der Waals surface area contributed by atoms with E-state index < -0.39 is 9.84 Å². The number of sulfone groups is 1. The van der Waals surface area contributed by atoms with Crippen LogP contribution >= 0.6 is 11.3 Å². The van der Waals surface area contributed by atoms with Crippen LogP contribution in [0.15, 0.2) is 6.20 Å². The van der Waals surface area contributed by atoms with E-state index in [4.69, 9.17) is 0 Å². The van der Waals surface area contributed by atoms with Crippen LogP contribution < -0.4 is 5.32 Å². The molecule has 2 unspecified atom stereocenters. The molecule has 1 aliphatic rings. The van der Waals surface area contributed by atoms with E-state index in [0.717, 1.165) is 29.1 Å². The van der Waals surface area contributed by atoms with Crippen molar-refractivity contribution in [2.45, 2.75) is 37.5 Å². The number of hydrogen-bond donors (Lipinski definition) is 1. The van der Waals surface area contributed by atoms with Gasteiger partial charge in [0.05, 0.1) is 5.75 Å². The van der Waals surface area contributed by atoms with Gasteiger partial charge in [0.2, 0.25) is 0 Å². The average Bonchev–Trinajstić information content (AvgIpc) is 2.84. The molecule has 0 spiro atoms. The molecule has 2 atom stereocenters. The predicted octanol–water partition coefficient (Wildman–Crippen LogP) is 1.54. The van der Waals surface area contributed by atoms with Gasteiger partial charge in [0.1, 0.15) is 10.3 Å². The molecule has 1 fully saturated rings. The zero-order chi connectivity index (χ0) is 12.5. The minimum absolute atomic E-state index is 0.319. The first-order chi connectivity index (χ1) is 8.03. The summed E-state index contributed by atoms with van der Waals surface area (Å²) in [6.07, 6.45) is 4.23. The number of nitrogens with zero attached hydrogens (tertiary/aromatic N) is 1. The summed E-state index contributed by atoms with van der Waals surface area (Å²) in [6.45, 7) is 2.10. The molecule has 17 heavy (non-hydrogen) atoms. The average molecular weight is 274 g/mol. The van der Waals surface area contributed by atoms with Gasteiger partial charge >= 0.3 is 0 Å². The number of likely N-dealkylation sites (N-methyl/N-ethyl adjacent to an activating group) is 1. The van der Waals surface area contributed by atoms with Crippen molar-refractivity contribution in [3.63, 3.8) is 0 Å². The number of hydrogen-bond acceptors (Lipinski definition) is 5. The van der Waals surface area contributed by atoms with Crippen molar-refractivity contribution in [1.29, 1.82) is 0 Å². The summed E-state index contributed by atoms with van der Waals surface area (Å²) in [6, 6.07) is 0.392. The Morgan fingerprint density at radius 2 is 2.41 bits per heavy atom. The SMILES string of the molecule is CNC(C)Cc1cnc(C2CCCS2(=O)=O)s1. The summed E-state index contributed by atoms with van der Waals surface area (Å²) >= 11 is 1.55. The predicted molar refractivity (Wildman–Crippen MR) is 70.1 cm³/mol. The number of rotatable bonds is 4. The second-order valence-electron chi connectivity index (χ2n) is 4.56. The molecule has 1 aromatic rings. The first-order valence-corrected chi connectivity index (χ1v) is 8.39. The van der Waals surface area contributed by atoms with E-state index in [1.54, 1.807) is 11.3 Å². The molecule has 96 valence electrons. The van der Waals surface area contributed by atoms with E-state index in [9.17, 15) is 8.42 Å². The van der Waals surface area contributed by atoms with E-state index >= 15 is 0 Å². The summed E-state index contributed by atoms with van der Waals surface area (Å²) in [7, 11) is -1.00. The minimum Gasteiger partial charge on any atom is -0.317 e. The molecule has 4 nitrogen and oxygen atoms in total. The maximum absolute atomic E-state index is 11.8. The van der Waals surface area contributed by atoms with Crippen molar-refractivity contribution in [3.8, 4) is 0 Å². The molecular weight excluding hydrogens is 256 g/mol. The van der Waals surface area contributed by atoms with E-state index in [0.29, 0.717) is 11.8 Å². The van der Waals surface area contributed by atoms with Crippen LogP contribution in [0.1, 0.15) is 34.9 Å². The number of thiazole rings is 1. The molecule has 2 rings (SSSR count). The Hall–Kier alpha value is -0.460. The molecule has 6 heteroatoms. The number of nitrogens with one attached hydrogen (secondary N) is 1. The van der Waals surface area contributed by atoms with Crippen LogP contribution in [0.2, 0.25) is 0 Å². The molecule has 0 bridgehead atoms. The van der Waals surface area contributed by atoms with Gasteiger partial charge in [-0.15, -0.1) is 11.3 Å². The summed E-state index contributed by atoms with van der Waals surface area (Å²) in [5.74, 6) is 0.319. The molecule has 0 aromatic carbocycles. The summed E-state index contributed by atoms with van der Waals surface area (Å²) < 4.78 is 23.6. The van der Waals surface area contributed by atoms with Gasteiger partial charge < -0.3 is 5.32 Å². The number of aromatic nitrogens is 1. The highest BCUT2D eigenvalue weighted by Crippen LogP contribution is 2.36. The van der Waals surface area contributed by atoms with Crippen molar-refractivity contribution in [2.75, 3.05) is 12.8 Å². The molecule has 0 aliphatic carbocycles. The molecule has 0 saturated carbocycles. The molecular formula is C11H18N2O2S2.